The fourth-order valence-corrected chi connectivity index (χ4v) is 2.29. The van der Waals surface area contributed by atoms with Crippen LogP contribution >= 0.6 is 15.9 Å². The van der Waals surface area contributed by atoms with Gasteiger partial charge in [0.2, 0.25) is 5.56 Å². The van der Waals surface area contributed by atoms with Crippen molar-refractivity contribution in [2.75, 3.05) is 5.32 Å². The van der Waals surface area contributed by atoms with E-state index in [9.17, 15) is 19.7 Å². The number of hydrogen-bond donors (Lipinski definition) is 2. The first-order valence-electron chi connectivity index (χ1n) is 5.83. The second-order valence-electron chi connectivity index (χ2n) is 4.27. The van der Waals surface area contributed by atoms with E-state index in [0.29, 0.717) is 10.0 Å². The number of hydrogen-bond acceptors (Lipinski definition) is 4. The zero-order valence-corrected chi connectivity index (χ0v) is 12.4. The van der Waals surface area contributed by atoms with E-state index < -0.39 is 16.4 Å². The van der Waals surface area contributed by atoms with Crippen LogP contribution in [0.5, 0.6) is 0 Å². The molecular weight excluding hydrogens is 342 g/mol. The van der Waals surface area contributed by atoms with Gasteiger partial charge in [0, 0.05) is 33.9 Å². The van der Waals surface area contributed by atoms with E-state index in [-0.39, 0.29) is 16.9 Å². The highest BCUT2D eigenvalue weighted by molar-refractivity contribution is 9.10. The molecule has 1 amide bonds. The number of aryl methyl sites for hydroxylation is 1. The number of benzene rings is 1. The Hall–Kier alpha value is -2.48. The molecule has 7 nitrogen and oxygen atoms in total. The van der Waals surface area contributed by atoms with Crippen LogP contribution in [0.15, 0.2) is 39.7 Å². The van der Waals surface area contributed by atoms with Crippen LogP contribution in [0.3, 0.4) is 0 Å². The van der Waals surface area contributed by atoms with Gasteiger partial charge in [0.1, 0.15) is 0 Å². The average Bonchev–Trinajstić information content (AvgIpc) is 2.41. The van der Waals surface area contributed by atoms with E-state index in [0.717, 1.165) is 6.07 Å². The predicted octanol–water partition coefficient (Wildman–Crippen LogP) is 2.61. The van der Waals surface area contributed by atoms with Crippen molar-refractivity contribution in [1.29, 1.82) is 0 Å². The first kappa shape index (κ1) is 14.9. The van der Waals surface area contributed by atoms with Crippen molar-refractivity contribution in [3.05, 3.63) is 66.5 Å². The third-order valence-electron chi connectivity index (χ3n) is 2.77. The van der Waals surface area contributed by atoms with Gasteiger partial charge in [-0.3, -0.25) is 19.7 Å². The third-order valence-corrected chi connectivity index (χ3v) is 3.42. The molecule has 1 aromatic heterocycles. The normalized spacial score (nSPS) is 10.2. The van der Waals surface area contributed by atoms with Crippen molar-refractivity contribution in [3.8, 4) is 0 Å². The molecule has 0 saturated heterocycles. The molecule has 0 bridgehead atoms. The second-order valence-corrected chi connectivity index (χ2v) is 5.13. The van der Waals surface area contributed by atoms with Crippen molar-refractivity contribution in [1.82, 2.24) is 4.98 Å². The van der Waals surface area contributed by atoms with Crippen molar-refractivity contribution in [2.24, 2.45) is 0 Å². The summed E-state index contributed by atoms with van der Waals surface area (Å²) in [4.78, 5) is 36.0. The average molecular weight is 352 g/mol. The lowest BCUT2D eigenvalue weighted by atomic mass is 10.1. The molecular formula is C13H10BrN3O4. The lowest BCUT2D eigenvalue weighted by molar-refractivity contribution is -0.385. The first-order valence-corrected chi connectivity index (χ1v) is 6.62. The SMILES string of the molecule is Cc1cc(Br)c(NC(=O)c2cc[nH]c(=O)c2)cc1[N+](=O)[O-]. The summed E-state index contributed by atoms with van der Waals surface area (Å²) in [6, 6.07) is 5.40. The number of nitrogens with zero attached hydrogens (tertiary/aromatic N) is 1. The maximum Gasteiger partial charge on any atom is 0.274 e. The minimum absolute atomic E-state index is 0.0978. The minimum Gasteiger partial charge on any atom is -0.329 e. The fraction of sp³-hybridized carbons (Fsp3) is 0.0769. The van der Waals surface area contributed by atoms with Gasteiger partial charge in [0.25, 0.3) is 11.6 Å². The molecule has 1 aromatic carbocycles. The Kier molecular flexibility index (Phi) is 4.18. The number of nitrogens with one attached hydrogen (secondary N) is 2. The summed E-state index contributed by atoms with van der Waals surface area (Å²) >= 11 is 3.24. The molecule has 21 heavy (non-hydrogen) atoms. The Morgan fingerprint density at radius 1 is 1.38 bits per heavy atom. The van der Waals surface area contributed by atoms with Crippen LogP contribution in [-0.4, -0.2) is 15.8 Å². The quantitative estimate of drug-likeness (QED) is 0.654. The van der Waals surface area contributed by atoms with E-state index in [1.54, 1.807) is 13.0 Å². The summed E-state index contributed by atoms with van der Waals surface area (Å²) in [6.45, 7) is 1.60. The molecule has 0 saturated carbocycles. The van der Waals surface area contributed by atoms with Crippen LogP contribution in [0, 0.1) is 17.0 Å². The Balaban J connectivity index is 2.35. The van der Waals surface area contributed by atoms with Crippen LogP contribution < -0.4 is 10.9 Å². The van der Waals surface area contributed by atoms with Crippen molar-refractivity contribution < 1.29 is 9.72 Å². The summed E-state index contributed by atoms with van der Waals surface area (Å²) in [6.07, 6.45) is 1.35. The molecule has 0 unspecified atom stereocenters. The summed E-state index contributed by atoms with van der Waals surface area (Å²) < 4.78 is 0.517. The molecule has 2 aromatic rings. The molecule has 0 aliphatic rings. The van der Waals surface area contributed by atoms with E-state index in [1.165, 1.54) is 18.3 Å². The van der Waals surface area contributed by atoms with Gasteiger partial charge >= 0.3 is 0 Å². The van der Waals surface area contributed by atoms with Gasteiger partial charge in [0.05, 0.1) is 10.6 Å². The molecule has 2 rings (SSSR count). The van der Waals surface area contributed by atoms with Gasteiger partial charge in [-0.15, -0.1) is 0 Å². The maximum atomic E-state index is 12.0. The maximum absolute atomic E-state index is 12.0. The number of halogens is 1. The van der Waals surface area contributed by atoms with E-state index in [2.05, 4.69) is 26.2 Å². The number of H-pyrrole nitrogens is 1. The highest BCUT2D eigenvalue weighted by atomic mass is 79.9. The van der Waals surface area contributed by atoms with Crippen molar-refractivity contribution in [3.63, 3.8) is 0 Å². The highest BCUT2D eigenvalue weighted by Gasteiger charge is 2.16. The van der Waals surface area contributed by atoms with Gasteiger partial charge in [-0.25, -0.2) is 0 Å². The Morgan fingerprint density at radius 3 is 2.71 bits per heavy atom. The number of nitro benzene ring substituents is 1. The molecule has 108 valence electrons. The molecule has 1 heterocycles. The third kappa shape index (κ3) is 3.34. The van der Waals surface area contributed by atoms with Gasteiger partial charge in [-0.05, 0) is 35.0 Å². The van der Waals surface area contributed by atoms with Gasteiger partial charge < -0.3 is 10.3 Å². The largest absolute Gasteiger partial charge is 0.329 e. The van der Waals surface area contributed by atoms with Crippen LogP contribution in [0.1, 0.15) is 15.9 Å². The summed E-state index contributed by atoms with van der Waals surface area (Å²) in [5.74, 6) is -0.528. The number of nitro groups is 1. The summed E-state index contributed by atoms with van der Waals surface area (Å²) in [5, 5.41) is 13.5. The molecule has 0 radical (unpaired) electrons. The number of carbonyl (C=O) groups is 1. The Labute approximate surface area is 127 Å². The fourth-order valence-electron chi connectivity index (χ4n) is 1.73. The smallest absolute Gasteiger partial charge is 0.274 e. The van der Waals surface area contributed by atoms with Crippen LogP contribution in [0.25, 0.3) is 0 Å². The van der Waals surface area contributed by atoms with Gasteiger partial charge in [-0.1, -0.05) is 0 Å². The van der Waals surface area contributed by atoms with Gasteiger partial charge in [0.15, 0.2) is 0 Å². The zero-order valence-electron chi connectivity index (χ0n) is 10.8. The number of pyridine rings is 1. The van der Waals surface area contributed by atoms with Crippen molar-refractivity contribution >= 4 is 33.2 Å². The molecule has 0 fully saturated rings. The summed E-state index contributed by atoms with van der Waals surface area (Å²) in [7, 11) is 0. The Morgan fingerprint density at radius 2 is 2.10 bits per heavy atom. The molecule has 8 heteroatoms. The van der Waals surface area contributed by atoms with Crippen LogP contribution in [0.2, 0.25) is 0 Å². The molecule has 2 N–H and O–H groups in total. The minimum atomic E-state index is -0.528. The number of amides is 1. The molecule has 0 spiro atoms. The zero-order chi connectivity index (χ0) is 15.6. The highest BCUT2D eigenvalue weighted by Crippen LogP contribution is 2.30. The molecule has 0 aliphatic carbocycles. The number of aromatic nitrogens is 1. The van der Waals surface area contributed by atoms with Gasteiger partial charge in [-0.2, -0.15) is 0 Å². The topological polar surface area (TPSA) is 105 Å². The number of rotatable bonds is 3. The standard InChI is InChI=1S/C13H10BrN3O4/c1-7-4-9(14)10(6-11(7)17(20)21)16-13(19)8-2-3-15-12(18)5-8/h2-6H,1H3,(H,15,18)(H,16,19). The number of carbonyl (C=O) groups excluding carboxylic acids is 1. The van der Waals surface area contributed by atoms with E-state index >= 15 is 0 Å². The number of aromatic amines is 1. The number of anilines is 1. The molecule has 0 atom stereocenters. The van der Waals surface area contributed by atoms with Crippen LogP contribution in [-0.2, 0) is 0 Å². The van der Waals surface area contributed by atoms with Crippen LogP contribution in [0.4, 0.5) is 11.4 Å². The van der Waals surface area contributed by atoms with Crippen molar-refractivity contribution in [2.45, 2.75) is 6.92 Å². The lowest BCUT2D eigenvalue weighted by Crippen LogP contribution is -2.16. The van der Waals surface area contributed by atoms with E-state index in [1.807, 2.05) is 0 Å². The summed E-state index contributed by atoms with van der Waals surface area (Å²) in [5.41, 5.74) is 0.392. The first-order chi connectivity index (χ1) is 9.88. The molecule has 0 aliphatic heterocycles. The lowest BCUT2D eigenvalue weighted by Gasteiger charge is -2.08. The second kappa shape index (κ2) is 5.88. The Bertz CT molecular complexity index is 785. The predicted molar refractivity (Wildman–Crippen MR) is 80.5 cm³/mol. The monoisotopic (exact) mass is 351 g/mol. The van der Waals surface area contributed by atoms with E-state index in [4.69, 9.17) is 0 Å².